The molecule has 0 amide bonds. The first-order valence-corrected chi connectivity index (χ1v) is 9.54. The summed E-state index contributed by atoms with van der Waals surface area (Å²) in [6.07, 6.45) is -0.0185. The van der Waals surface area contributed by atoms with Gasteiger partial charge in [0.1, 0.15) is 0 Å². The maximum Gasteiger partial charge on any atom is 0.421 e. The molecule has 0 aromatic heterocycles. The van der Waals surface area contributed by atoms with Gasteiger partial charge in [-0.1, -0.05) is 58.9 Å². The van der Waals surface area contributed by atoms with Crippen molar-refractivity contribution in [2.75, 3.05) is 5.32 Å². The van der Waals surface area contributed by atoms with Crippen molar-refractivity contribution in [1.29, 1.82) is 0 Å². The van der Waals surface area contributed by atoms with E-state index in [1.165, 1.54) is 30.7 Å². The molecule has 0 aliphatic heterocycles. The molecule has 0 heterocycles. The lowest BCUT2D eigenvalue weighted by Gasteiger charge is -2.26. The second-order valence-electron chi connectivity index (χ2n) is 6.30. The van der Waals surface area contributed by atoms with Crippen LogP contribution in [0.2, 0.25) is 0 Å². The summed E-state index contributed by atoms with van der Waals surface area (Å²) in [7, 11) is 0. The Balaban J connectivity index is -0.000000473. The average Bonchev–Trinajstić information content (AvgIpc) is 2.57. The molecule has 1 rings (SSSR count). The van der Waals surface area contributed by atoms with Crippen LogP contribution in [-0.2, 0) is 5.60 Å². The van der Waals surface area contributed by atoms with Crippen LogP contribution in [0.3, 0.4) is 0 Å². The van der Waals surface area contributed by atoms with Gasteiger partial charge in [0.2, 0.25) is 0 Å². The van der Waals surface area contributed by atoms with Gasteiger partial charge in [0.25, 0.3) is 0 Å². The maximum absolute atomic E-state index is 12.6. The Kier molecular flexibility index (Phi) is 17.6. The maximum atomic E-state index is 12.6. The molecule has 1 unspecified atom stereocenters. The molecule has 1 aromatic carbocycles. The van der Waals surface area contributed by atoms with E-state index in [9.17, 15) is 18.3 Å². The predicted molar refractivity (Wildman–Crippen MR) is 116 cm³/mol. The fraction of sp³-hybridized carbons (Fsp3) is 0.545. The Hall–Kier alpha value is -1.95. The quantitative estimate of drug-likeness (QED) is 0.486. The summed E-state index contributed by atoms with van der Waals surface area (Å²) in [5, 5.41) is 12.5. The summed E-state index contributed by atoms with van der Waals surface area (Å²) < 4.78 is 37.7. The number of hydrogen-bond donors (Lipinski definition) is 3. The first kappa shape index (κ1) is 30.8. The molecule has 0 aliphatic carbocycles. The summed E-state index contributed by atoms with van der Waals surface area (Å²) in [4.78, 5) is 0. The fourth-order valence-corrected chi connectivity index (χ4v) is 1.57. The molecule has 164 valence electrons. The van der Waals surface area contributed by atoms with Crippen molar-refractivity contribution in [3.05, 3.63) is 54.3 Å². The van der Waals surface area contributed by atoms with Crippen molar-refractivity contribution in [3.8, 4) is 0 Å². The molecule has 4 N–H and O–H groups in total. The van der Waals surface area contributed by atoms with E-state index in [1.54, 1.807) is 12.2 Å². The van der Waals surface area contributed by atoms with Crippen LogP contribution in [0.25, 0.3) is 0 Å². The average molecular weight is 405 g/mol. The van der Waals surface area contributed by atoms with Crippen LogP contribution in [0.15, 0.2) is 48.7 Å². The molecule has 0 aliphatic rings. The zero-order valence-corrected chi connectivity index (χ0v) is 18.6. The summed E-state index contributed by atoms with van der Waals surface area (Å²) >= 11 is 0. The molecular formula is C22H39F3N2O. The molecular weight excluding hydrogens is 365 g/mol. The molecule has 1 aromatic rings. The monoisotopic (exact) mass is 404 g/mol. The number of benzene rings is 1. The lowest BCUT2D eigenvalue weighted by molar-refractivity contribution is -0.258. The number of rotatable bonds is 4. The van der Waals surface area contributed by atoms with E-state index < -0.39 is 11.8 Å². The third-order valence-corrected chi connectivity index (χ3v) is 2.84. The number of halogens is 3. The number of hydrogen-bond acceptors (Lipinski definition) is 3. The Morgan fingerprint density at radius 1 is 1.18 bits per heavy atom. The second-order valence-corrected chi connectivity index (χ2v) is 6.30. The normalized spacial score (nSPS) is 12.8. The standard InChI is InChI=1S/C12H16F3NO.C5H9N.C3H8.C2H6/c1-8(2)16-10-6-4-9(5-7-10)11(3,17)12(13,14)15;1-3-4-5(2)6;1-3-2;1-2/h4-8,16-17H,1-3H3;3-4H,1,6H2,2H3;3H2,1-2H3;1-2H3/b;5-4+;;. The zero-order valence-electron chi connectivity index (χ0n) is 18.6. The van der Waals surface area contributed by atoms with Crippen molar-refractivity contribution < 1.29 is 18.3 Å². The summed E-state index contributed by atoms with van der Waals surface area (Å²) in [5.74, 6) is 0. The molecule has 0 saturated carbocycles. The minimum absolute atomic E-state index is 0.167. The summed E-state index contributed by atoms with van der Waals surface area (Å²) in [6, 6.07) is 5.80. The highest BCUT2D eigenvalue weighted by atomic mass is 19.4. The third kappa shape index (κ3) is 14.2. The topological polar surface area (TPSA) is 58.3 Å². The highest BCUT2D eigenvalue weighted by Gasteiger charge is 2.51. The summed E-state index contributed by atoms with van der Waals surface area (Å²) in [5.41, 5.74) is 3.73. The summed E-state index contributed by atoms with van der Waals surface area (Å²) in [6.45, 7) is 18.1. The van der Waals surface area contributed by atoms with Gasteiger partial charge in [-0.3, -0.25) is 0 Å². The first-order valence-electron chi connectivity index (χ1n) is 9.54. The molecule has 0 fully saturated rings. The number of anilines is 1. The van der Waals surface area contributed by atoms with E-state index in [-0.39, 0.29) is 11.6 Å². The molecule has 0 radical (unpaired) electrons. The van der Waals surface area contributed by atoms with Crippen LogP contribution in [-0.4, -0.2) is 17.3 Å². The van der Waals surface area contributed by atoms with Crippen LogP contribution in [0.4, 0.5) is 18.9 Å². The Morgan fingerprint density at radius 3 is 1.79 bits per heavy atom. The van der Waals surface area contributed by atoms with E-state index in [0.717, 1.165) is 18.3 Å². The van der Waals surface area contributed by atoms with E-state index in [0.29, 0.717) is 0 Å². The molecule has 0 saturated heterocycles. The predicted octanol–water partition coefficient (Wildman–Crippen LogP) is 6.75. The van der Waals surface area contributed by atoms with Crippen molar-refractivity contribution in [1.82, 2.24) is 0 Å². The van der Waals surface area contributed by atoms with E-state index >= 15 is 0 Å². The van der Waals surface area contributed by atoms with Crippen molar-refractivity contribution in [2.45, 2.75) is 79.6 Å². The van der Waals surface area contributed by atoms with E-state index in [2.05, 4.69) is 25.7 Å². The van der Waals surface area contributed by atoms with Gasteiger partial charge in [0.15, 0.2) is 5.60 Å². The molecule has 0 spiro atoms. The van der Waals surface area contributed by atoms with Gasteiger partial charge in [-0.2, -0.15) is 13.2 Å². The van der Waals surface area contributed by atoms with Crippen molar-refractivity contribution in [3.63, 3.8) is 0 Å². The van der Waals surface area contributed by atoms with Gasteiger partial charge < -0.3 is 16.2 Å². The van der Waals surface area contributed by atoms with E-state index in [4.69, 9.17) is 5.73 Å². The number of nitrogens with one attached hydrogen (secondary N) is 1. The third-order valence-electron chi connectivity index (χ3n) is 2.84. The first-order chi connectivity index (χ1) is 12.8. The van der Waals surface area contributed by atoms with Gasteiger partial charge in [-0.25, -0.2) is 0 Å². The van der Waals surface area contributed by atoms with Gasteiger partial charge in [-0.05, 0) is 51.5 Å². The number of aliphatic hydroxyl groups is 1. The van der Waals surface area contributed by atoms with Crippen LogP contribution in [0.5, 0.6) is 0 Å². The van der Waals surface area contributed by atoms with Crippen LogP contribution in [0.1, 0.15) is 67.4 Å². The zero-order chi connectivity index (χ0) is 23.0. The van der Waals surface area contributed by atoms with Crippen molar-refractivity contribution >= 4 is 5.69 Å². The lowest BCUT2D eigenvalue weighted by atomic mass is 9.95. The Bertz CT molecular complexity index is 530. The second kappa shape index (κ2) is 16.0. The SMILES string of the molecule is C=C/C=C(\C)N.CC.CC(C)Nc1ccc(C(C)(O)C(F)(F)F)cc1.CCC. The molecule has 0 bridgehead atoms. The van der Waals surface area contributed by atoms with Crippen LogP contribution < -0.4 is 11.1 Å². The lowest BCUT2D eigenvalue weighted by Crippen LogP contribution is -2.39. The molecule has 28 heavy (non-hydrogen) atoms. The molecule has 6 heteroatoms. The van der Waals surface area contributed by atoms with Gasteiger partial charge >= 0.3 is 6.18 Å². The number of allylic oxidation sites excluding steroid dienone is 3. The molecule has 1 atom stereocenters. The number of nitrogens with two attached hydrogens (primary N) is 1. The minimum Gasteiger partial charge on any atom is -0.402 e. The Morgan fingerprint density at radius 2 is 1.57 bits per heavy atom. The highest BCUT2D eigenvalue weighted by Crippen LogP contribution is 2.38. The van der Waals surface area contributed by atoms with Gasteiger partial charge in [0.05, 0.1) is 0 Å². The highest BCUT2D eigenvalue weighted by molar-refractivity contribution is 5.46. The largest absolute Gasteiger partial charge is 0.421 e. The van der Waals surface area contributed by atoms with Gasteiger partial charge in [-0.15, -0.1) is 0 Å². The minimum atomic E-state index is -4.68. The van der Waals surface area contributed by atoms with Gasteiger partial charge in [0, 0.05) is 17.4 Å². The van der Waals surface area contributed by atoms with Crippen LogP contribution >= 0.6 is 0 Å². The molecule has 3 nitrogen and oxygen atoms in total. The van der Waals surface area contributed by atoms with Crippen molar-refractivity contribution in [2.24, 2.45) is 5.73 Å². The Labute approximate surface area is 169 Å². The van der Waals surface area contributed by atoms with E-state index in [1.807, 2.05) is 34.6 Å². The van der Waals surface area contributed by atoms with Crippen LogP contribution in [0, 0.1) is 0 Å². The smallest absolute Gasteiger partial charge is 0.402 e. The fourth-order valence-electron chi connectivity index (χ4n) is 1.57. The number of alkyl halides is 3.